The van der Waals surface area contributed by atoms with Gasteiger partial charge in [-0.1, -0.05) is 11.6 Å². The van der Waals surface area contributed by atoms with Gasteiger partial charge in [0.05, 0.1) is 12.1 Å². The number of pyridine rings is 2. The fourth-order valence-electron chi connectivity index (χ4n) is 2.69. The van der Waals surface area contributed by atoms with Gasteiger partial charge in [0.25, 0.3) is 0 Å². The van der Waals surface area contributed by atoms with Gasteiger partial charge in [0.1, 0.15) is 11.0 Å². The van der Waals surface area contributed by atoms with E-state index in [-0.39, 0.29) is 12.3 Å². The van der Waals surface area contributed by atoms with Gasteiger partial charge in [-0.15, -0.1) is 0 Å². The minimum absolute atomic E-state index is 0.134. The van der Waals surface area contributed by atoms with Gasteiger partial charge >= 0.3 is 0 Å². The molecule has 0 saturated carbocycles. The Bertz CT molecular complexity index is 919. The molecule has 0 saturated heterocycles. The zero-order chi connectivity index (χ0) is 17.3. The summed E-state index contributed by atoms with van der Waals surface area (Å²) in [5.41, 5.74) is 3.36. The number of nitrogens with zero attached hydrogens (tertiary/aromatic N) is 4. The second-order valence-corrected chi connectivity index (χ2v) is 5.95. The largest absolute Gasteiger partial charge is 0.310 e. The van der Waals surface area contributed by atoms with Crippen molar-refractivity contribution >= 4 is 34.4 Å². The van der Waals surface area contributed by atoms with E-state index < -0.39 is 0 Å². The first kappa shape index (κ1) is 16.4. The molecule has 24 heavy (non-hydrogen) atoms. The molecule has 0 fully saturated rings. The molecular weight excluding hydrogens is 326 g/mol. The van der Waals surface area contributed by atoms with E-state index in [1.165, 1.54) is 0 Å². The molecular formula is C17H18ClN5O. The zero-order valence-electron chi connectivity index (χ0n) is 13.8. The van der Waals surface area contributed by atoms with Gasteiger partial charge in [0, 0.05) is 23.2 Å². The average molecular weight is 344 g/mol. The van der Waals surface area contributed by atoms with Gasteiger partial charge < -0.3 is 5.32 Å². The molecule has 0 spiro atoms. The van der Waals surface area contributed by atoms with Gasteiger partial charge in [-0.2, -0.15) is 5.10 Å². The van der Waals surface area contributed by atoms with Crippen LogP contribution in [0.5, 0.6) is 0 Å². The van der Waals surface area contributed by atoms with Crippen LogP contribution in [0.25, 0.3) is 11.0 Å². The highest BCUT2D eigenvalue weighted by molar-refractivity contribution is 6.29. The first-order chi connectivity index (χ1) is 11.5. The van der Waals surface area contributed by atoms with Crippen molar-refractivity contribution < 1.29 is 4.79 Å². The summed E-state index contributed by atoms with van der Waals surface area (Å²) >= 11 is 5.89. The van der Waals surface area contributed by atoms with E-state index in [0.717, 1.165) is 28.9 Å². The summed E-state index contributed by atoms with van der Waals surface area (Å²) in [6, 6.07) is 7.16. The van der Waals surface area contributed by atoms with Gasteiger partial charge in [-0.05, 0) is 45.0 Å². The maximum Gasteiger partial charge on any atom is 0.230 e. The van der Waals surface area contributed by atoms with Crippen LogP contribution in [0.2, 0.25) is 5.15 Å². The number of carbonyl (C=O) groups excluding carboxylic acids is 1. The maximum absolute atomic E-state index is 12.4. The number of carbonyl (C=O) groups is 1. The summed E-state index contributed by atoms with van der Waals surface area (Å²) in [6.45, 7) is 6.71. The molecule has 3 aromatic heterocycles. The summed E-state index contributed by atoms with van der Waals surface area (Å²) < 4.78 is 1.90. The summed E-state index contributed by atoms with van der Waals surface area (Å²) in [5, 5.41) is 8.49. The Morgan fingerprint density at radius 3 is 2.67 bits per heavy atom. The van der Waals surface area contributed by atoms with E-state index in [2.05, 4.69) is 20.4 Å². The molecule has 0 unspecified atom stereocenters. The third kappa shape index (κ3) is 3.23. The summed E-state index contributed by atoms with van der Waals surface area (Å²) in [7, 11) is 0. The lowest BCUT2D eigenvalue weighted by Gasteiger charge is -2.06. The summed E-state index contributed by atoms with van der Waals surface area (Å²) in [5.74, 6) is 0.325. The average Bonchev–Trinajstić information content (AvgIpc) is 2.82. The molecule has 0 aliphatic rings. The highest BCUT2D eigenvalue weighted by atomic mass is 35.5. The van der Waals surface area contributed by atoms with E-state index >= 15 is 0 Å². The number of hydrogen-bond donors (Lipinski definition) is 1. The molecule has 0 aliphatic carbocycles. The van der Waals surface area contributed by atoms with Crippen LogP contribution >= 0.6 is 11.6 Å². The van der Waals surface area contributed by atoms with Crippen LogP contribution in [-0.2, 0) is 17.8 Å². The Labute approximate surface area is 144 Å². The first-order valence-electron chi connectivity index (χ1n) is 7.74. The van der Waals surface area contributed by atoms with E-state index in [4.69, 9.17) is 11.6 Å². The quantitative estimate of drug-likeness (QED) is 0.738. The fraction of sp³-hybridized carbons (Fsp3) is 0.294. The molecule has 3 aromatic rings. The molecule has 0 aromatic carbocycles. The predicted octanol–water partition coefficient (Wildman–Crippen LogP) is 3.30. The van der Waals surface area contributed by atoms with Crippen LogP contribution in [0.1, 0.15) is 23.9 Å². The Kier molecular flexibility index (Phi) is 4.49. The molecule has 124 valence electrons. The van der Waals surface area contributed by atoms with Crippen LogP contribution in [0.3, 0.4) is 0 Å². The van der Waals surface area contributed by atoms with Crippen LogP contribution in [0.4, 0.5) is 5.82 Å². The molecule has 0 aliphatic heterocycles. The normalized spacial score (nSPS) is 11.0. The number of nitrogens with one attached hydrogen (secondary N) is 1. The van der Waals surface area contributed by atoms with Crippen molar-refractivity contribution in [3.8, 4) is 0 Å². The smallest absolute Gasteiger partial charge is 0.230 e. The number of aromatic nitrogens is 4. The standard InChI is InChI=1S/C17H18ClN5O/c1-4-23-11(3)13(10(2)22-23)9-16(24)20-15-8-6-12-5-7-14(18)19-17(12)21-15/h5-8H,4,9H2,1-3H3,(H,19,20,21,24). The number of aryl methyl sites for hydroxylation is 2. The lowest BCUT2D eigenvalue weighted by atomic mass is 10.1. The molecule has 3 rings (SSSR count). The van der Waals surface area contributed by atoms with Crippen molar-refractivity contribution in [1.29, 1.82) is 0 Å². The highest BCUT2D eigenvalue weighted by Gasteiger charge is 2.15. The number of amides is 1. The molecule has 6 nitrogen and oxygen atoms in total. The Morgan fingerprint density at radius 2 is 1.96 bits per heavy atom. The monoisotopic (exact) mass is 343 g/mol. The van der Waals surface area contributed by atoms with Crippen molar-refractivity contribution in [2.75, 3.05) is 5.32 Å². The van der Waals surface area contributed by atoms with Crippen LogP contribution in [-0.4, -0.2) is 25.7 Å². The number of rotatable bonds is 4. The van der Waals surface area contributed by atoms with Gasteiger partial charge in [0.15, 0.2) is 5.65 Å². The molecule has 7 heteroatoms. The Hall–Kier alpha value is -2.47. The van der Waals surface area contributed by atoms with E-state index in [1.807, 2.05) is 37.6 Å². The van der Waals surface area contributed by atoms with Crippen molar-refractivity contribution in [3.05, 3.63) is 46.4 Å². The predicted molar refractivity (Wildman–Crippen MR) is 94.3 cm³/mol. The Balaban J connectivity index is 1.79. The molecule has 1 N–H and O–H groups in total. The van der Waals surface area contributed by atoms with Crippen LogP contribution in [0, 0.1) is 13.8 Å². The molecule has 0 atom stereocenters. The Morgan fingerprint density at radius 1 is 1.21 bits per heavy atom. The topological polar surface area (TPSA) is 72.7 Å². The second kappa shape index (κ2) is 6.57. The van der Waals surface area contributed by atoms with Crippen molar-refractivity contribution in [3.63, 3.8) is 0 Å². The van der Waals surface area contributed by atoms with Gasteiger partial charge in [-0.25, -0.2) is 9.97 Å². The maximum atomic E-state index is 12.4. The highest BCUT2D eigenvalue weighted by Crippen LogP contribution is 2.17. The first-order valence-corrected chi connectivity index (χ1v) is 8.11. The van der Waals surface area contributed by atoms with Gasteiger partial charge in [-0.3, -0.25) is 9.48 Å². The van der Waals surface area contributed by atoms with E-state index in [0.29, 0.717) is 16.6 Å². The summed E-state index contributed by atoms with van der Waals surface area (Å²) in [4.78, 5) is 20.8. The fourth-order valence-corrected chi connectivity index (χ4v) is 2.83. The van der Waals surface area contributed by atoms with Gasteiger partial charge in [0.2, 0.25) is 5.91 Å². The number of fused-ring (bicyclic) bond motifs is 1. The lowest BCUT2D eigenvalue weighted by molar-refractivity contribution is -0.115. The lowest BCUT2D eigenvalue weighted by Crippen LogP contribution is -2.16. The second-order valence-electron chi connectivity index (χ2n) is 5.57. The third-order valence-corrected chi connectivity index (χ3v) is 4.16. The third-order valence-electron chi connectivity index (χ3n) is 3.95. The van der Waals surface area contributed by atoms with Crippen molar-refractivity contribution in [1.82, 2.24) is 19.7 Å². The SMILES string of the molecule is CCn1nc(C)c(CC(=O)Nc2ccc3ccc(Cl)nc3n2)c1C. The van der Waals surface area contributed by atoms with Crippen LogP contribution in [0.15, 0.2) is 24.3 Å². The van der Waals surface area contributed by atoms with Crippen molar-refractivity contribution in [2.45, 2.75) is 33.7 Å². The number of hydrogen-bond acceptors (Lipinski definition) is 4. The molecule has 0 bridgehead atoms. The molecule has 3 heterocycles. The molecule has 1 amide bonds. The summed E-state index contributed by atoms with van der Waals surface area (Å²) in [6.07, 6.45) is 0.264. The van der Waals surface area contributed by atoms with Crippen LogP contribution < -0.4 is 5.32 Å². The zero-order valence-corrected chi connectivity index (χ0v) is 14.6. The number of anilines is 1. The van der Waals surface area contributed by atoms with E-state index in [9.17, 15) is 4.79 Å². The minimum atomic E-state index is -0.134. The van der Waals surface area contributed by atoms with E-state index in [1.54, 1.807) is 12.1 Å². The molecule has 0 radical (unpaired) electrons. The number of halogens is 1. The van der Waals surface area contributed by atoms with Crippen molar-refractivity contribution in [2.24, 2.45) is 0 Å². The minimum Gasteiger partial charge on any atom is -0.310 e.